The van der Waals surface area contributed by atoms with E-state index in [1.807, 2.05) is 12.1 Å². The van der Waals surface area contributed by atoms with Gasteiger partial charge in [0.25, 0.3) is 0 Å². The quantitative estimate of drug-likeness (QED) is 0.694. The molecular weight excluding hydrogens is 310 g/mol. The van der Waals surface area contributed by atoms with Crippen LogP contribution in [-0.2, 0) is 21.5 Å². The third kappa shape index (κ3) is 1.64. The van der Waals surface area contributed by atoms with E-state index in [0.29, 0.717) is 13.2 Å². The standard InChI is InChI=1S/C18H21NO5/c1-19-9-18(20)17(4-3-12(21-2)6-16(17)19)13-7-15-14(22-10-23-15)5-11(13)8-24-18/h3-5,7,12,16,20H,6,8-10H2,1-2H3/p+1/t12-,16+,17-,18-/m0/s1. The van der Waals surface area contributed by atoms with Gasteiger partial charge >= 0.3 is 0 Å². The molecule has 1 fully saturated rings. The molecule has 0 saturated carbocycles. The number of hydrogen-bond acceptors (Lipinski definition) is 5. The first kappa shape index (κ1) is 14.7. The maximum absolute atomic E-state index is 11.4. The lowest BCUT2D eigenvalue weighted by Gasteiger charge is -2.46. The lowest BCUT2D eigenvalue weighted by atomic mass is 9.64. The number of quaternary nitrogens is 1. The van der Waals surface area contributed by atoms with Crippen molar-refractivity contribution in [3.8, 4) is 11.5 Å². The molecule has 128 valence electrons. The van der Waals surface area contributed by atoms with Crippen LogP contribution in [0.2, 0.25) is 0 Å². The maximum atomic E-state index is 11.4. The van der Waals surface area contributed by atoms with E-state index in [0.717, 1.165) is 29.0 Å². The molecule has 3 heterocycles. The van der Waals surface area contributed by atoms with Gasteiger partial charge in [-0.15, -0.1) is 0 Å². The molecule has 1 aromatic rings. The van der Waals surface area contributed by atoms with Crippen molar-refractivity contribution in [1.82, 2.24) is 0 Å². The Kier molecular flexibility index (Phi) is 2.90. The van der Waals surface area contributed by atoms with Gasteiger partial charge in [0.15, 0.2) is 11.5 Å². The Morgan fingerprint density at radius 1 is 1.29 bits per heavy atom. The van der Waals surface area contributed by atoms with E-state index in [1.54, 1.807) is 7.11 Å². The number of methoxy groups -OCH3 is 1. The molecule has 0 radical (unpaired) electrons. The molecule has 5 atom stereocenters. The van der Waals surface area contributed by atoms with E-state index in [1.165, 1.54) is 4.90 Å². The zero-order valence-corrected chi connectivity index (χ0v) is 13.9. The van der Waals surface area contributed by atoms with Gasteiger partial charge in [0.2, 0.25) is 12.6 Å². The molecule has 0 aromatic heterocycles. The van der Waals surface area contributed by atoms with Crippen LogP contribution in [0.5, 0.6) is 11.5 Å². The van der Waals surface area contributed by atoms with Crippen LogP contribution in [0.15, 0.2) is 24.3 Å². The maximum Gasteiger partial charge on any atom is 0.236 e. The zero-order valence-electron chi connectivity index (χ0n) is 13.9. The highest BCUT2D eigenvalue weighted by Crippen LogP contribution is 2.53. The first-order valence-corrected chi connectivity index (χ1v) is 8.41. The normalized spacial score (nSPS) is 41.7. The minimum Gasteiger partial charge on any atom is -0.454 e. The van der Waals surface area contributed by atoms with Crippen LogP contribution < -0.4 is 14.4 Å². The van der Waals surface area contributed by atoms with Gasteiger partial charge in [0.05, 0.1) is 19.8 Å². The molecule has 1 spiro atoms. The Morgan fingerprint density at radius 2 is 2.08 bits per heavy atom. The predicted octanol–water partition coefficient (Wildman–Crippen LogP) is -0.256. The van der Waals surface area contributed by atoms with Crippen LogP contribution in [0.25, 0.3) is 0 Å². The van der Waals surface area contributed by atoms with Gasteiger partial charge in [-0.1, -0.05) is 12.2 Å². The zero-order chi connectivity index (χ0) is 16.5. The van der Waals surface area contributed by atoms with E-state index in [-0.39, 0.29) is 18.9 Å². The lowest BCUT2D eigenvalue weighted by Crippen LogP contribution is -3.12. The molecule has 1 aliphatic carbocycles. The van der Waals surface area contributed by atoms with E-state index in [9.17, 15) is 5.11 Å². The van der Waals surface area contributed by atoms with Crippen molar-refractivity contribution in [2.45, 2.75) is 36.4 Å². The fraction of sp³-hybridized carbons (Fsp3) is 0.556. The third-order valence-electron chi connectivity index (χ3n) is 6.16. The summed E-state index contributed by atoms with van der Waals surface area (Å²) in [7, 11) is 3.84. The van der Waals surface area contributed by atoms with Crippen molar-refractivity contribution in [3.05, 3.63) is 35.4 Å². The smallest absolute Gasteiger partial charge is 0.236 e. The Hall–Kier alpha value is -1.60. The van der Waals surface area contributed by atoms with Crippen LogP contribution in [0, 0.1) is 0 Å². The van der Waals surface area contributed by atoms with Crippen molar-refractivity contribution >= 4 is 0 Å². The van der Waals surface area contributed by atoms with Crippen molar-refractivity contribution in [2.24, 2.45) is 0 Å². The highest BCUT2D eigenvalue weighted by Gasteiger charge is 2.69. The number of aliphatic hydroxyl groups is 1. The van der Waals surface area contributed by atoms with Crippen molar-refractivity contribution in [3.63, 3.8) is 0 Å². The van der Waals surface area contributed by atoms with Gasteiger partial charge < -0.3 is 29.0 Å². The number of likely N-dealkylation sites (N-methyl/N-ethyl adjacent to an activating group) is 1. The molecule has 1 aromatic carbocycles. The number of benzene rings is 1. The first-order valence-electron chi connectivity index (χ1n) is 8.41. The monoisotopic (exact) mass is 332 g/mol. The molecule has 0 amide bonds. The first-order chi connectivity index (χ1) is 11.6. The number of nitrogens with one attached hydrogen (secondary N) is 1. The van der Waals surface area contributed by atoms with Crippen LogP contribution in [0.1, 0.15) is 17.5 Å². The fourth-order valence-corrected chi connectivity index (χ4v) is 5.03. The number of rotatable bonds is 1. The molecule has 2 N–H and O–H groups in total. The Bertz CT molecular complexity index is 734. The Balaban J connectivity index is 1.74. The van der Waals surface area contributed by atoms with E-state index < -0.39 is 11.2 Å². The molecule has 1 unspecified atom stereocenters. The molecule has 4 aliphatic rings. The molecule has 3 aliphatic heterocycles. The topological polar surface area (TPSA) is 61.6 Å². The molecule has 6 heteroatoms. The summed E-state index contributed by atoms with van der Waals surface area (Å²) >= 11 is 0. The Morgan fingerprint density at radius 3 is 2.88 bits per heavy atom. The van der Waals surface area contributed by atoms with Gasteiger partial charge in [-0.25, -0.2) is 0 Å². The summed E-state index contributed by atoms with van der Waals surface area (Å²) in [5, 5.41) is 11.4. The summed E-state index contributed by atoms with van der Waals surface area (Å²) in [6.07, 6.45) is 5.07. The summed E-state index contributed by atoms with van der Waals surface area (Å²) in [6.45, 7) is 1.17. The van der Waals surface area contributed by atoms with Gasteiger partial charge in [-0.2, -0.15) is 0 Å². The minimum absolute atomic E-state index is 0.0670. The van der Waals surface area contributed by atoms with Crippen LogP contribution in [0.3, 0.4) is 0 Å². The summed E-state index contributed by atoms with van der Waals surface area (Å²) < 4.78 is 22.7. The van der Waals surface area contributed by atoms with E-state index in [2.05, 4.69) is 19.2 Å². The average Bonchev–Trinajstić information content (AvgIpc) is 3.13. The van der Waals surface area contributed by atoms with E-state index >= 15 is 0 Å². The second kappa shape index (κ2) is 4.73. The summed E-state index contributed by atoms with van der Waals surface area (Å²) in [5.41, 5.74) is 1.57. The van der Waals surface area contributed by atoms with Gasteiger partial charge in [0.1, 0.15) is 18.0 Å². The van der Waals surface area contributed by atoms with Gasteiger partial charge in [-0.05, 0) is 23.3 Å². The molecule has 24 heavy (non-hydrogen) atoms. The van der Waals surface area contributed by atoms with Gasteiger partial charge in [0, 0.05) is 13.5 Å². The second-order valence-electron chi connectivity index (χ2n) is 7.25. The minimum atomic E-state index is -1.21. The molecule has 0 bridgehead atoms. The van der Waals surface area contributed by atoms with Gasteiger partial charge in [-0.3, -0.25) is 0 Å². The van der Waals surface area contributed by atoms with Crippen LogP contribution in [-0.4, -0.2) is 50.5 Å². The number of likely N-dealkylation sites (tertiary alicyclic amines) is 1. The molecule has 1 saturated heterocycles. The average molecular weight is 332 g/mol. The number of hydrogen-bond donors (Lipinski definition) is 2. The van der Waals surface area contributed by atoms with Crippen molar-refractivity contribution in [2.75, 3.05) is 27.5 Å². The molecule has 5 rings (SSSR count). The highest BCUT2D eigenvalue weighted by molar-refractivity contribution is 5.55. The van der Waals surface area contributed by atoms with E-state index in [4.69, 9.17) is 18.9 Å². The fourth-order valence-electron chi connectivity index (χ4n) is 5.03. The largest absolute Gasteiger partial charge is 0.454 e. The SMILES string of the molecule is CO[C@H]1C=C[C@@]23c4cc5c(cc4CO[C@@]2(O)C[NH+](C)[C@@H]3C1)OCO5. The van der Waals surface area contributed by atoms with Crippen molar-refractivity contribution < 1.29 is 29.0 Å². The highest BCUT2D eigenvalue weighted by atomic mass is 16.7. The number of ether oxygens (including phenoxy) is 4. The summed E-state index contributed by atoms with van der Waals surface area (Å²) in [4.78, 5) is 1.26. The van der Waals surface area contributed by atoms with Crippen LogP contribution in [0.4, 0.5) is 0 Å². The summed E-state index contributed by atoms with van der Waals surface area (Å²) in [6, 6.07) is 4.21. The van der Waals surface area contributed by atoms with Crippen LogP contribution >= 0.6 is 0 Å². The molecule has 6 nitrogen and oxygen atoms in total. The predicted molar refractivity (Wildman–Crippen MR) is 84.1 cm³/mol. The second-order valence-corrected chi connectivity index (χ2v) is 7.25. The third-order valence-corrected chi connectivity index (χ3v) is 6.16. The van der Waals surface area contributed by atoms with Crippen molar-refractivity contribution in [1.29, 1.82) is 0 Å². The Labute approximate surface area is 140 Å². The number of fused-ring (bicyclic) bond motifs is 2. The molecular formula is C18H22NO5+. The lowest BCUT2D eigenvalue weighted by molar-refractivity contribution is -0.899. The summed E-state index contributed by atoms with van der Waals surface area (Å²) in [5.74, 6) is 0.291.